The fourth-order valence-electron chi connectivity index (χ4n) is 2.69. The Morgan fingerprint density at radius 2 is 1.80 bits per heavy atom. The highest BCUT2D eigenvalue weighted by Gasteiger charge is 2.27. The van der Waals surface area contributed by atoms with Crippen molar-refractivity contribution in [2.45, 2.75) is 52.1 Å². The molecule has 1 heterocycles. The molecule has 2 N–H and O–H groups in total. The van der Waals surface area contributed by atoms with Gasteiger partial charge in [-0.25, -0.2) is 0 Å². The number of carbonyl (C=O) groups is 1. The van der Waals surface area contributed by atoms with E-state index in [9.17, 15) is 9.90 Å². The van der Waals surface area contributed by atoms with Crippen LogP contribution in [0.5, 0.6) is 0 Å². The number of nitrogens with one attached hydrogen (secondary N) is 1. The Balaban J connectivity index is 2.34. The topological polar surface area (TPSA) is 55.8 Å². The Kier molecular flexibility index (Phi) is 8.11. The maximum Gasteiger partial charge on any atom is 0.237 e. The van der Waals surface area contributed by atoms with Gasteiger partial charge in [0.25, 0.3) is 0 Å². The summed E-state index contributed by atoms with van der Waals surface area (Å²) < 4.78 is 0. The zero-order chi connectivity index (χ0) is 15.0. The first-order chi connectivity index (χ1) is 9.63. The number of hydrogen-bond acceptors (Lipinski definition) is 4. The third-order valence-electron chi connectivity index (χ3n) is 4.30. The maximum absolute atomic E-state index is 12.0. The number of aliphatic hydroxyl groups is 1. The second-order valence-corrected chi connectivity index (χ2v) is 5.64. The third kappa shape index (κ3) is 5.04. The Morgan fingerprint density at radius 1 is 1.20 bits per heavy atom. The molecule has 0 aromatic rings. The first-order valence-electron chi connectivity index (χ1n) is 8.00. The molecule has 0 spiro atoms. The standard InChI is InChI=1S/C15H31N3O2/c1-4-6-7-16-15(20)13(3)17-8-10-18(11-9-17)14(5-2)12-19/h13-14,19H,4-12H2,1-3H3,(H,16,20). The average molecular weight is 285 g/mol. The molecule has 5 heteroatoms. The molecule has 1 fully saturated rings. The van der Waals surface area contributed by atoms with E-state index >= 15 is 0 Å². The summed E-state index contributed by atoms with van der Waals surface area (Å²) in [5.41, 5.74) is 0. The fraction of sp³-hybridized carbons (Fsp3) is 0.933. The maximum atomic E-state index is 12.0. The number of amides is 1. The molecule has 1 amide bonds. The van der Waals surface area contributed by atoms with Gasteiger partial charge in [0, 0.05) is 38.8 Å². The Hall–Kier alpha value is -0.650. The molecule has 1 saturated heterocycles. The largest absolute Gasteiger partial charge is 0.395 e. The second-order valence-electron chi connectivity index (χ2n) is 5.64. The molecule has 0 saturated carbocycles. The molecule has 1 aliphatic heterocycles. The average Bonchev–Trinajstić information content (AvgIpc) is 2.48. The molecule has 0 aromatic heterocycles. The molecule has 0 radical (unpaired) electrons. The van der Waals surface area contributed by atoms with Gasteiger partial charge in [0.05, 0.1) is 12.6 Å². The smallest absolute Gasteiger partial charge is 0.237 e. The molecule has 2 atom stereocenters. The molecule has 5 nitrogen and oxygen atoms in total. The van der Waals surface area contributed by atoms with E-state index in [0.717, 1.165) is 52.0 Å². The van der Waals surface area contributed by atoms with Crippen molar-refractivity contribution in [2.75, 3.05) is 39.3 Å². The summed E-state index contributed by atoms with van der Waals surface area (Å²) in [5, 5.41) is 12.3. The second kappa shape index (κ2) is 9.32. The summed E-state index contributed by atoms with van der Waals surface area (Å²) in [6, 6.07) is 0.217. The van der Waals surface area contributed by atoms with Crippen LogP contribution in [0.2, 0.25) is 0 Å². The molecule has 0 aliphatic carbocycles. The summed E-state index contributed by atoms with van der Waals surface area (Å²) in [7, 11) is 0. The normalized spacial score (nSPS) is 20.6. The van der Waals surface area contributed by atoms with E-state index in [1.54, 1.807) is 0 Å². The zero-order valence-electron chi connectivity index (χ0n) is 13.3. The van der Waals surface area contributed by atoms with Crippen molar-refractivity contribution in [2.24, 2.45) is 0 Å². The van der Waals surface area contributed by atoms with Crippen molar-refractivity contribution in [1.29, 1.82) is 0 Å². The predicted molar refractivity (Wildman–Crippen MR) is 81.7 cm³/mol. The number of carbonyl (C=O) groups excluding carboxylic acids is 1. The lowest BCUT2D eigenvalue weighted by Gasteiger charge is -2.40. The van der Waals surface area contributed by atoms with Crippen LogP contribution < -0.4 is 5.32 Å². The number of hydrogen-bond donors (Lipinski definition) is 2. The van der Waals surface area contributed by atoms with E-state index in [0.29, 0.717) is 0 Å². The predicted octanol–water partition coefficient (Wildman–Crippen LogP) is 0.680. The monoisotopic (exact) mass is 285 g/mol. The van der Waals surface area contributed by atoms with Crippen LogP contribution in [0.4, 0.5) is 0 Å². The van der Waals surface area contributed by atoms with Gasteiger partial charge in [-0.1, -0.05) is 20.3 Å². The molecule has 1 aliphatic rings. The summed E-state index contributed by atoms with van der Waals surface area (Å²) in [6.45, 7) is 10.9. The Labute approximate surface area is 123 Å². The first-order valence-corrected chi connectivity index (χ1v) is 8.00. The minimum absolute atomic E-state index is 0.0526. The lowest BCUT2D eigenvalue weighted by atomic mass is 10.1. The van der Waals surface area contributed by atoms with Crippen LogP contribution in [-0.4, -0.2) is 72.2 Å². The number of unbranched alkanes of at least 4 members (excludes halogenated alkanes) is 1. The van der Waals surface area contributed by atoms with Crippen LogP contribution in [0.15, 0.2) is 0 Å². The molecular formula is C15H31N3O2. The summed E-state index contributed by atoms with van der Waals surface area (Å²) in [5.74, 6) is 0.140. The molecule has 118 valence electrons. The lowest BCUT2D eigenvalue weighted by Crippen LogP contribution is -2.56. The van der Waals surface area contributed by atoms with E-state index < -0.39 is 0 Å². The lowest BCUT2D eigenvalue weighted by molar-refractivity contribution is -0.126. The summed E-state index contributed by atoms with van der Waals surface area (Å²) in [6.07, 6.45) is 3.12. The van der Waals surface area contributed by atoms with Crippen LogP contribution in [0.1, 0.15) is 40.0 Å². The third-order valence-corrected chi connectivity index (χ3v) is 4.30. The van der Waals surface area contributed by atoms with Gasteiger partial charge in [0.1, 0.15) is 0 Å². The van der Waals surface area contributed by atoms with Crippen molar-refractivity contribution in [1.82, 2.24) is 15.1 Å². The molecular weight excluding hydrogens is 254 g/mol. The SMILES string of the molecule is CCCCNC(=O)C(C)N1CCN(C(CC)CO)CC1. The quantitative estimate of drug-likeness (QED) is 0.644. The minimum Gasteiger partial charge on any atom is -0.395 e. The van der Waals surface area contributed by atoms with Crippen LogP contribution in [0.3, 0.4) is 0 Å². The van der Waals surface area contributed by atoms with Crippen LogP contribution in [0, 0.1) is 0 Å². The zero-order valence-corrected chi connectivity index (χ0v) is 13.3. The van der Waals surface area contributed by atoms with Crippen molar-refractivity contribution < 1.29 is 9.90 Å². The Bertz CT molecular complexity index is 274. The number of piperazine rings is 1. The van der Waals surface area contributed by atoms with Gasteiger partial charge in [0.15, 0.2) is 0 Å². The van der Waals surface area contributed by atoms with E-state index in [-0.39, 0.29) is 24.6 Å². The van der Waals surface area contributed by atoms with Crippen LogP contribution in [0.25, 0.3) is 0 Å². The van der Waals surface area contributed by atoms with Crippen molar-refractivity contribution >= 4 is 5.91 Å². The fourth-order valence-corrected chi connectivity index (χ4v) is 2.69. The summed E-state index contributed by atoms with van der Waals surface area (Å²) >= 11 is 0. The highest BCUT2D eigenvalue weighted by atomic mass is 16.3. The number of aliphatic hydroxyl groups excluding tert-OH is 1. The highest BCUT2D eigenvalue weighted by molar-refractivity contribution is 5.81. The molecule has 0 aromatic carbocycles. The first kappa shape index (κ1) is 17.4. The Morgan fingerprint density at radius 3 is 2.30 bits per heavy atom. The van der Waals surface area contributed by atoms with E-state index in [4.69, 9.17) is 0 Å². The van der Waals surface area contributed by atoms with Gasteiger partial charge in [-0.3, -0.25) is 14.6 Å². The van der Waals surface area contributed by atoms with Gasteiger partial charge in [-0.15, -0.1) is 0 Å². The molecule has 1 rings (SSSR count). The van der Waals surface area contributed by atoms with Crippen molar-refractivity contribution in [3.8, 4) is 0 Å². The molecule has 2 unspecified atom stereocenters. The van der Waals surface area contributed by atoms with E-state index in [1.165, 1.54) is 0 Å². The van der Waals surface area contributed by atoms with E-state index in [1.807, 2.05) is 6.92 Å². The number of nitrogens with zero attached hydrogens (tertiary/aromatic N) is 2. The molecule has 0 bridgehead atoms. The van der Waals surface area contributed by atoms with Gasteiger partial charge < -0.3 is 10.4 Å². The molecule has 20 heavy (non-hydrogen) atoms. The minimum atomic E-state index is -0.0526. The van der Waals surface area contributed by atoms with Gasteiger partial charge in [-0.2, -0.15) is 0 Å². The van der Waals surface area contributed by atoms with Gasteiger partial charge in [-0.05, 0) is 19.8 Å². The van der Waals surface area contributed by atoms with Gasteiger partial charge in [0.2, 0.25) is 5.91 Å². The number of rotatable bonds is 8. The highest BCUT2D eigenvalue weighted by Crippen LogP contribution is 2.11. The van der Waals surface area contributed by atoms with E-state index in [2.05, 4.69) is 29.0 Å². The van der Waals surface area contributed by atoms with Crippen LogP contribution >= 0.6 is 0 Å². The van der Waals surface area contributed by atoms with Crippen molar-refractivity contribution in [3.05, 3.63) is 0 Å². The summed E-state index contributed by atoms with van der Waals surface area (Å²) in [4.78, 5) is 16.6. The van der Waals surface area contributed by atoms with Crippen LogP contribution in [-0.2, 0) is 4.79 Å². The van der Waals surface area contributed by atoms with Crippen molar-refractivity contribution in [3.63, 3.8) is 0 Å². The van der Waals surface area contributed by atoms with Gasteiger partial charge >= 0.3 is 0 Å².